The molecule has 0 saturated carbocycles. The van der Waals surface area contributed by atoms with Crippen LogP contribution in [0.2, 0.25) is 0 Å². The van der Waals surface area contributed by atoms with Gasteiger partial charge < -0.3 is 14.6 Å². The van der Waals surface area contributed by atoms with Gasteiger partial charge in [-0.2, -0.15) is 0 Å². The fourth-order valence-corrected chi connectivity index (χ4v) is 4.69. The number of nitrogens with zero attached hydrogens (tertiary/aromatic N) is 2. The molecule has 170 valence electrons. The number of rotatable bonds is 6. The predicted octanol–water partition coefficient (Wildman–Crippen LogP) is 6.12. The quantitative estimate of drug-likeness (QED) is 0.345. The van der Waals surface area contributed by atoms with Gasteiger partial charge in [-0.25, -0.2) is 9.38 Å². The summed E-state index contributed by atoms with van der Waals surface area (Å²) in [6.07, 6.45) is 3.82. The number of hydrogen-bond donors (Lipinski definition) is 1. The van der Waals surface area contributed by atoms with Gasteiger partial charge in [0.15, 0.2) is 5.17 Å². The monoisotopic (exact) mass is 471 g/mol. The zero-order valence-corrected chi connectivity index (χ0v) is 19.3. The van der Waals surface area contributed by atoms with Crippen LogP contribution in [0.3, 0.4) is 0 Å². The van der Waals surface area contributed by atoms with E-state index >= 15 is 0 Å². The first-order chi connectivity index (χ1) is 16.6. The number of fused-ring (bicyclic) bond motifs is 1. The molecule has 1 fully saturated rings. The summed E-state index contributed by atoms with van der Waals surface area (Å²) in [5.74, 6) is 0.351. The van der Waals surface area contributed by atoms with Gasteiger partial charge in [-0.3, -0.25) is 4.79 Å². The van der Waals surface area contributed by atoms with Crippen LogP contribution in [0.25, 0.3) is 17.0 Å². The molecule has 0 unspecified atom stereocenters. The van der Waals surface area contributed by atoms with Crippen LogP contribution in [0.1, 0.15) is 18.1 Å². The van der Waals surface area contributed by atoms with Crippen LogP contribution in [0, 0.1) is 5.82 Å². The molecule has 2 heterocycles. The third kappa shape index (κ3) is 4.61. The number of thioether (sulfide) groups is 1. The zero-order valence-electron chi connectivity index (χ0n) is 18.5. The van der Waals surface area contributed by atoms with Gasteiger partial charge in [0.05, 0.1) is 23.7 Å². The van der Waals surface area contributed by atoms with Crippen molar-refractivity contribution in [3.8, 4) is 5.75 Å². The Morgan fingerprint density at radius 1 is 1.06 bits per heavy atom. The number of amides is 1. The summed E-state index contributed by atoms with van der Waals surface area (Å²) in [5, 5.41) is 4.35. The minimum absolute atomic E-state index is 0.194. The normalized spacial score (nSPS) is 15.9. The second-order valence-electron chi connectivity index (χ2n) is 7.73. The molecule has 0 bridgehead atoms. The molecule has 1 aliphatic heterocycles. The van der Waals surface area contributed by atoms with Crippen molar-refractivity contribution < 1.29 is 13.9 Å². The molecule has 4 aromatic rings. The van der Waals surface area contributed by atoms with E-state index in [1.165, 1.54) is 17.8 Å². The lowest BCUT2D eigenvalue weighted by Gasteiger charge is -2.06. The lowest BCUT2D eigenvalue weighted by atomic mass is 10.1. The Hall–Kier alpha value is -3.84. The van der Waals surface area contributed by atoms with Crippen LogP contribution in [0.15, 0.2) is 88.9 Å². The van der Waals surface area contributed by atoms with Gasteiger partial charge >= 0.3 is 0 Å². The average molecular weight is 472 g/mol. The Morgan fingerprint density at radius 3 is 2.62 bits per heavy atom. The highest BCUT2D eigenvalue weighted by Gasteiger charge is 2.24. The van der Waals surface area contributed by atoms with Crippen LogP contribution in [-0.2, 0) is 11.3 Å². The van der Waals surface area contributed by atoms with Crippen molar-refractivity contribution in [1.82, 2.24) is 9.88 Å². The number of aromatic nitrogens is 1. The molecule has 0 radical (unpaired) electrons. The first kappa shape index (κ1) is 22.0. The minimum atomic E-state index is -0.235. The second-order valence-corrected chi connectivity index (χ2v) is 8.76. The topological polar surface area (TPSA) is 55.6 Å². The van der Waals surface area contributed by atoms with Crippen molar-refractivity contribution >= 4 is 45.5 Å². The van der Waals surface area contributed by atoms with Gasteiger partial charge in [-0.1, -0.05) is 36.4 Å². The lowest BCUT2D eigenvalue weighted by molar-refractivity contribution is -0.115. The maximum Gasteiger partial charge on any atom is 0.264 e. The number of nitrogens with one attached hydrogen (secondary N) is 1. The van der Waals surface area contributed by atoms with Crippen molar-refractivity contribution in [1.29, 1.82) is 0 Å². The number of amidine groups is 1. The van der Waals surface area contributed by atoms with Crippen LogP contribution in [-0.4, -0.2) is 22.2 Å². The smallest absolute Gasteiger partial charge is 0.264 e. The van der Waals surface area contributed by atoms with E-state index in [1.807, 2.05) is 78.4 Å². The van der Waals surface area contributed by atoms with Crippen molar-refractivity contribution in [3.63, 3.8) is 0 Å². The number of ether oxygens (including phenoxy) is 1. The molecule has 5 nitrogen and oxygen atoms in total. The van der Waals surface area contributed by atoms with E-state index in [9.17, 15) is 9.18 Å². The van der Waals surface area contributed by atoms with Crippen molar-refractivity contribution in [2.24, 2.45) is 4.99 Å². The minimum Gasteiger partial charge on any atom is -0.494 e. The number of benzene rings is 3. The molecule has 0 aliphatic carbocycles. The molecule has 5 rings (SSSR count). The van der Waals surface area contributed by atoms with E-state index in [0.29, 0.717) is 28.8 Å². The molecule has 0 spiro atoms. The number of hydrogen-bond acceptors (Lipinski definition) is 4. The summed E-state index contributed by atoms with van der Waals surface area (Å²) in [6, 6.07) is 22.1. The molecular weight excluding hydrogens is 449 g/mol. The van der Waals surface area contributed by atoms with Gasteiger partial charge in [0, 0.05) is 28.2 Å². The Kier molecular flexibility index (Phi) is 6.18. The summed E-state index contributed by atoms with van der Waals surface area (Å²) in [6.45, 7) is 2.94. The fraction of sp³-hybridized carbons (Fsp3) is 0.111. The maximum atomic E-state index is 14.2. The highest BCUT2D eigenvalue weighted by atomic mass is 32.2. The van der Waals surface area contributed by atoms with Gasteiger partial charge in [-0.05, 0) is 61.2 Å². The van der Waals surface area contributed by atoms with Gasteiger partial charge in [0.1, 0.15) is 11.6 Å². The molecule has 34 heavy (non-hydrogen) atoms. The number of para-hydroxylation sites is 1. The summed E-state index contributed by atoms with van der Waals surface area (Å²) in [4.78, 5) is 17.7. The van der Waals surface area contributed by atoms with Gasteiger partial charge in [-0.15, -0.1) is 0 Å². The SMILES string of the molecule is CCOc1ccc(N=C2NC(=O)C(=Cc3cn(Cc4ccccc4F)c4ccccc34)S2)cc1. The maximum absolute atomic E-state index is 14.2. The third-order valence-corrected chi connectivity index (χ3v) is 6.34. The van der Waals surface area contributed by atoms with Crippen molar-refractivity contribution in [2.45, 2.75) is 13.5 Å². The third-order valence-electron chi connectivity index (χ3n) is 5.43. The lowest BCUT2D eigenvalue weighted by Crippen LogP contribution is -2.19. The summed E-state index contributed by atoms with van der Waals surface area (Å²) < 4.78 is 21.7. The zero-order chi connectivity index (χ0) is 23.5. The Balaban J connectivity index is 1.43. The predicted molar refractivity (Wildman–Crippen MR) is 136 cm³/mol. The van der Waals surface area contributed by atoms with Crippen molar-refractivity contribution in [2.75, 3.05) is 6.61 Å². The first-order valence-electron chi connectivity index (χ1n) is 10.9. The Bertz CT molecular complexity index is 1420. The van der Waals surface area contributed by atoms with E-state index in [1.54, 1.807) is 12.1 Å². The summed E-state index contributed by atoms with van der Waals surface area (Å²) >= 11 is 1.30. The van der Waals surface area contributed by atoms with Crippen molar-refractivity contribution in [3.05, 3.63) is 101 Å². The van der Waals surface area contributed by atoms with E-state index in [-0.39, 0.29) is 11.7 Å². The standard InChI is InChI=1S/C27H22FN3O2S/c1-2-33-21-13-11-20(12-14-21)29-27-30-26(32)25(34-27)15-19-17-31(24-10-6-4-8-22(19)24)16-18-7-3-5-9-23(18)28/h3-15,17H,2,16H2,1H3,(H,29,30,32). The van der Waals surface area contributed by atoms with Crippen LogP contribution < -0.4 is 10.1 Å². The van der Waals surface area contributed by atoms with Gasteiger partial charge in [0.2, 0.25) is 0 Å². The van der Waals surface area contributed by atoms with Crippen LogP contribution >= 0.6 is 11.8 Å². The van der Waals surface area contributed by atoms with Crippen LogP contribution in [0.5, 0.6) is 5.75 Å². The molecule has 7 heteroatoms. The number of halogens is 1. The largest absolute Gasteiger partial charge is 0.494 e. The summed E-state index contributed by atoms with van der Waals surface area (Å²) in [5.41, 5.74) is 3.21. The number of aliphatic imine (C=N–C) groups is 1. The molecule has 3 aromatic carbocycles. The Morgan fingerprint density at radius 2 is 1.82 bits per heavy atom. The molecule has 0 atom stereocenters. The van der Waals surface area contributed by atoms with E-state index in [2.05, 4.69) is 10.3 Å². The summed E-state index contributed by atoms with van der Waals surface area (Å²) in [7, 11) is 0. The number of carbonyl (C=O) groups excluding carboxylic acids is 1. The molecule has 1 N–H and O–H groups in total. The fourth-order valence-electron chi connectivity index (χ4n) is 3.85. The molecule has 1 amide bonds. The molecule has 1 saturated heterocycles. The highest BCUT2D eigenvalue weighted by Crippen LogP contribution is 2.31. The molecule has 1 aromatic heterocycles. The van der Waals surface area contributed by atoms with Gasteiger partial charge in [0.25, 0.3) is 5.91 Å². The average Bonchev–Trinajstić information content (AvgIpc) is 3.36. The molecular formula is C27H22FN3O2S. The first-order valence-corrected chi connectivity index (χ1v) is 11.8. The van der Waals surface area contributed by atoms with Crippen LogP contribution in [0.4, 0.5) is 10.1 Å². The Labute approximate surface area is 201 Å². The highest BCUT2D eigenvalue weighted by molar-refractivity contribution is 8.18. The molecule has 1 aliphatic rings. The number of carbonyl (C=O) groups is 1. The van der Waals surface area contributed by atoms with E-state index < -0.39 is 0 Å². The second kappa shape index (κ2) is 9.57. The van der Waals surface area contributed by atoms with E-state index in [4.69, 9.17) is 4.74 Å². The van der Waals surface area contributed by atoms with E-state index in [0.717, 1.165) is 27.9 Å².